The lowest BCUT2D eigenvalue weighted by molar-refractivity contribution is 0.0556. The van der Waals surface area contributed by atoms with Crippen LogP contribution in [0.25, 0.3) is 0 Å². The van der Waals surface area contributed by atoms with Crippen LogP contribution in [-0.4, -0.2) is 45.4 Å². The van der Waals surface area contributed by atoms with Crippen LogP contribution in [0, 0.1) is 19.3 Å². The molecule has 5 nitrogen and oxygen atoms in total. The summed E-state index contributed by atoms with van der Waals surface area (Å²) in [5, 5.41) is 9.91. The third kappa shape index (κ3) is 2.17. The molecule has 5 heteroatoms. The summed E-state index contributed by atoms with van der Waals surface area (Å²) >= 11 is 0. The zero-order chi connectivity index (χ0) is 16.9. The number of carbonyl (C=O) groups excluding carboxylic acids is 2. The summed E-state index contributed by atoms with van der Waals surface area (Å²) in [5.74, 6) is -0.0349. The number of hydrogen-bond donors (Lipinski definition) is 2. The molecule has 0 aliphatic carbocycles. The van der Waals surface area contributed by atoms with Crippen LogP contribution >= 0.6 is 0 Å². The monoisotopic (exact) mass is 318 g/mol. The van der Waals surface area contributed by atoms with Crippen molar-refractivity contribution >= 4 is 11.7 Å². The molecule has 1 aromatic heterocycles. The first-order valence-electron chi connectivity index (χ1n) is 8.50. The van der Waals surface area contributed by atoms with Crippen molar-refractivity contribution in [1.82, 2.24) is 9.88 Å². The molecular weight excluding hydrogens is 292 g/mol. The van der Waals surface area contributed by atoms with Gasteiger partial charge >= 0.3 is 0 Å². The Morgan fingerprint density at radius 2 is 2.04 bits per heavy atom. The first-order chi connectivity index (χ1) is 10.9. The van der Waals surface area contributed by atoms with Gasteiger partial charge in [0.1, 0.15) is 0 Å². The molecule has 2 fully saturated rings. The second-order valence-corrected chi connectivity index (χ2v) is 7.22. The van der Waals surface area contributed by atoms with E-state index < -0.39 is 0 Å². The molecule has 1 aromatic rings. The molecule has 2 N–H and O–H groups in total. The average Bonchev–Trinajstić information content (AvgIpc) is 3.16. The van der Waals surface area contributed by atoms with E-state index >= 15 is 0 Å². The molecule has 2 aliphatic heterocycles. The van der Waals surface area contributed by atoms with E-state index in [2.05, 4.69) is 11.9 Å². The van der Waals surface area contributed by atoms with Crippen LogP contribution in [0.3, 0.4) is 0 Å². The molecule has 0 unspecified atom stereocenters. The minimum atomic E-state index is -0.153. The van der Waals surface area contributed by atoms with Crippen LogP contribution in [0.15, 0.2) is 0 Å². The number of aromatic amines is 1. The lowest BCUT2D eigenvalue weighted by Crippen LogP contribution is -2.42. The third-order valence-electron chi connectivity index (χ3n) is 6.11. The lowest BCUT2D eigenvalue weighted by atomic mass is 9.72. The summed E-state index contributed by atoms with van der Waals surface area (Å²) in [6.07, 6.45) is 3.75. The number of carbonyl (C=O) groups is 2. The van der Waals surface area contributed by atoms with Crippen LogP contribution in [0.2, 0.25) is 0 Å². The molecule has 1 amide bonds. The number of amides is 1. The number of fused-ring (bicyclic) bond motifs is 2. The Kier molecular flexibility index (Phi) is 3.87. The number of H-pyrrole nitrogens is 1. The Bertz CT molecular complexity index is 657. The summed E-state index contributed by atoms with van der Waals surface area (Å²) in [6, 6.07) is 0.332. The molecular formula is C18H26N2O3. The number of nitrogens with zero attached hydrogens (tertiary/aromatic N) is 1. The SMILES string of the molecule is CC[C@@]1(CO)C[C@@H]2CC[C@H]1N2C(=O)c1c(C)[nH]c(C(C)=O)c1C. The highest BCUT2D eigenvalue weighted by Crippen LogP contribution is 2.52. The van der Waals surface area contributed by atoms with E-state index in [1.165, 1.54) is 6.92 Å². The number of nitrogens with one attached hydrogen (secondary N) is 1. The minimum Gasteiger partial charge on any atom is -0.396 e. The largest absolute Gasteiger partial charge is 0.396 e. The van der Waals surface area contributed by atoms with Crippen molar-refractivity contribution in [3.05, 3.63) is 22.5 Å². The molecule has 2 bridgehead atoms. The number of aromatic nitrogens is 1. The minimum absolute atomic E-state index is 0.0139. The molecule has 0 radical (unpaired) electrons. The van der Waals surface area contributed by atoms with Gasteiger partial charge in [0.2, 0.25) is 0 Å². The number of ketones is 1. The van der Waals surface area contributed by atoms with Crippen LogP contribution in [0.4, 0.5) is 0 Å². The number of Topliss-reactive ketones (excluding diaryl/α,β-unsaturated/α-hetero) is 1. The van der Waals surface area contributed by atoms with Gasteiger partial charge in [0, 0.05) is 30.1 Å². The predicted molar refractivity (Wildman–Crippen MR) is 87.7 cm³/mol. The summed E-state index contributed by atoms with van der Waals surface area (Å²) < 4.78 is 0. The standard InChI is InChI=1S/C18H26N2O3/c1-5-18(9-21)8-13-6-7-14(18)20(13)17(23)15-10(2)16(12(4)22)19-11(15)3/h13-14,19,21H,5-9H2,1-4H3/t13-,14+,18-/m0/s1. The summed E-state index contributed by atoms with van der Waals surface area (Å²) in [7, 11) is 0. The predicted octanol–water partition coefficient (Wildman–Crippen LogP) is 2.60. The van der Waals surface area contributed by atoms with Gasteiger partial charge in [-0.2, -0.15) is 0 Å². The van der Waals surface area contributed by atoms with E-state index in [0.717, 1.165) is 36.9 Å². The molecule has 3 atom stereocenters. The zero-order valence-corrected chi connectivity index (χ0v) is 14.4. The van der Waals surface area contributed by atoms with Gasteiger partial charge in [0.05, 0.1) is 17.9 Å². The summed E-state index contributed by atoms with van der Waals surface area (Å²) in [5.41, 5.74) is 2.52. The van der Waals surface area contributed by atoms with Gasteiger partial charge in [-0.3, -0.25) is 9.59 Å². The van der Waals surface area contributed by atoms with Crippen molar-refractivity contribution in [2.75, 3.05) is 6.61 Å². The highest BCUT2D eigenvalue weighted by atomic mass is 16.3. The molecule has 0 spiro atoms. The smallest absolute Gasteiger partial charge is 0.256 e. The van der Waals surface area contributed by atoms with Crippen molar-refractivity contribution < 1.29 is 14.7 Å². The van der Waals surface area contributed by atoms with Crippen LogP contribution in [-0.2, 0) is 0 Å². The van der Waals surface area contributed by atoms with Gasteiger partial charge in [-0.15, -0.1) is 0 Å². The number of aliphatic hydroxyl groups excluding tert-OH is 1. The normalized spacial score (nSPS) is 29.3. The maximum absolute atomic E-state index is 13.2. The molecule has 3 rings (SSSR count). The molecule has 2 saturated heterocycles. The maximum atomic E-state index is 13.2. The van der Waals surface area contributed by atoms with Crippen LogP contribution in [0.1, 0.15) is 71.6 Å². The topological polar surface area (TPSA) is 73.4 Å². The van der Waals surface area contributed by atoms with Crippen molar-refractivity contribution in [1.29, 1.82) is 0 Å². The molecule has 0 saturated carbocycles. The highest BCUT2D eigenvalue weighted by Gasteiger charge is 2.56. The van der Waals surface area contributed by atoms with Crippen LogP contribution in [0.5, 0.6) is 0 Å². The van der Waals surface area contributed by atoms with E-state index in [-0.39, 0.29) is 35.8 Å². The third-order valence-corrected chi connectivity index (χ3v) is 6.11. The Morgan fingerprint density at radius 3 is 2.52 bits per heavy atom. The molecule has 23 heavy (non-hydrogen) atoms. The fraction of sp³-hybridized carbons (Fsp3) is 0.667. The Morgan fingerprint density at radius 1 is 1.35 bits per heavy atom. The number of rotatable bonds is 4. The first kappa shape index (κ1) is 16.2. The molecule has 3 heterocycles. The van der Waals surface area contributed by atoms with Gasteiger partial charge in [-0.05, 0) is 45.1 Å². The molecule has 0 aromatic carbocycles. The summed E-state index contributed by atoms with van der Waals surface area (Å²) in [4.78, 5) is 30.0. The van der Waals surface area contributed by atoms with E-state index in [1.807, 2.05) is 18.7 Å². The van der Waals surface area contributed by atoms with Crippen molar-refractivity contribution in [2.24, 2.45) is 5.41 Å². The van der Waals surface area contributed by atoms with Gasteiger partial charge < -0.3 is 15.0 Å². The quantitative estimate of drug-likeness (QED) is 0.838. The molecule has 126 valence electrons. The van der Waals surface area contributed by atoms with Crippen molar-refractivity contribution in [3.8, 4) is 0 Å². The fourth-order valence-corrected chi connectivity index (χ4v) is 4.81. The van der Waals surface area contributed by atoms with E-state index in [1.54, 1.807) is 0 Å². The number of aryl methyl sites for hydroxylation is 1. The van der Waals surface area contributed by atoms with E-state index in [0.29, 0.717) is 11.3 Å². The van der Waals surface area contributed by atoms with Crippen molar-refractivity contribution in [3.63, 3.8) is 0 Å². The Labute approximate surface area is 137 Å². The van der Waals surface area contributed by atoms with Gasteiger partial charge in [0.25, 0.3) is 5.91 Å². The summed E-state index contributed by atoms with van der Waals surface area (Å²) in [6.45, 7) is 7.44. The lowest BCUT2D eigenvalue weighted by Gasteiger charge is -2.34. The Hall–Kier alpha value is -1.62. The molecule has 2 aliphatic rings. The van der Waals surface area contributed by atoms with Crippen LogP contribution < -0.4 is 0 Å². The fourth-order valence-electron chi connectivity index (χ4n) is 4.81. The highest BCUT2D eigenvalue weighted by molar-refractivity contribution is 6.03. The second-order valence-electron chi connectivity index (χ2n) is 7.22. The number of aliphatic hydroxyl groups is 1. The average molecular weight is 318 g/mol. The van der Waals surface area contributed by atoms with Gasteiger partial charge in [-0.1, -0.05) is 6.92 Å². The van der Waals surface area contributed by atoms with E-state index in [9.17, 15) is 14.7 Å². The zero-order valence-electron chi connectivity index (χ0n) is 14.4. The van der Waals surface area contributed by atoms with Crippen molar-refractivity contribution in [2.45, 2.75) is 65.5 Å². The number of hydrogen-bond acceptors (Lipinski definition) is 3. The van der Waals surface area contributed by atoms with E-state index in [4.69, 9.17) is 0 Å². The second kappa shape index (κ2) is 5.48. The first-order valence-corrected chi connectivity index (χ1v) is 8.50. The van der Waals surface area contributed by atoms with Gasteiger partial charge in [0.15, 0.2) is 5.78 Å². The maximum Gasteiger partial charge on any atom is 0.256 e. The van der Waals surface area contributed by atoms with Gasteiger partial charge in [-0.25, -0.2) is 0 Å². The Balaban J connectivity index is 1.98.